The van der Waals surface area contributed by atoms with Gasteiger partial charge >= 0.3 is 0 Å². The number of rotatable bonds is 6. The van der Waals surface area contributed by atoms with Crippen LogP contribution in [0.3, 0.4) is 0 Å². The zero-order valence-electron chi connectivity index (χ0n) is 9.70. The van der Waals surface area contributed by atoms with E-state index in [9.17, 15) is 9.18 Å². The summed E-state index contributed by atoms with van der Waals surface area (Å²) in [7, 11) is 0. The quantitative estimate of drug-likeness (QED) is 0.701. The van der Waals surface area contributed by atoms with Crippen molar-refractivity contribution in [1.82, 2.24) is 0 Å². The molecule has 0 N–H and O–H groups in total. The first-order valence-corrected chi connectivity index (χ1v) is 6.51. The van der Waals surface area contributed by atoms with E-state index in [4.69, 9.17) is 0 Å². The fourth-order valence-electron chi connectivity index (χ4n) is 1.31. The number of halogens is 1. The van der Waals surface area contributed by atoms with Crippen molar-refractivity contribution in [2.24, 2.45) is 5.92 Å². The summed E-state index contributed by atoms with van der Waals surface area (Å²) in [6.45, 7) is 4.13. The summed E-state index contributed by atoms with van der Waals surface area (Å²) >= 11 is 1.28. The summed E-state index contributed by atoms with van der Waals surface area (Å²) in [5.74, 6) is 0.741. The Kier molecular flexibility index (Phi) is 5.53. The molecule has 3 heteroatoms. The highest BCUT2D eigenvalue weighted by atomic mass is 32.2. The summed E-state index contributed by atoms with van der Waals surface area (Å²) in [6.07, 6.45) is 1.61. The molecule has 0 amide bonds. The molecule has 0 radical (unpaired) electrons. The molecular weight excluding hydrogens is 223 g/mol. The van der Waals surface area contributed by atoms with Gasteiger partial charge in [-0.1, -0.05) is 32.4 Å². The molecule has 16 heavy (non-hydrogen) atoms. The number of Topliss-reactive ketones (excluding diaryl/α,β-unsaturated/α-hetero) is 1. The maximum absolute atomic E-state index is 13.2. The molecule has 0 aliphatic carbocycles. The van der Waals surface area contributed by atoms with Gasteiger partial charge in [0.15, 0.2) is 0 Å². The molecule has 1 atom stereocenters. The summed E-state index contributed by atoms with van der Waals surface area (Å²) in [6, 6.07) is 6.56. The van der Waals surface area contributed by atoms with Crippen LogP contribution in [-0.4, -0.2) is 11.5 Å². The molecule has 1 aromatic carbocycles. The van der Waals surface area contributed by atoms with E-state index in [0.29, 0.717) is 23.0 Å². The Labute approximate surface area is 100 Å². The predicted molar refractivity (Wildman–Crippen MR) is 66.2 cm³/mol. The maximum Gasteiger partial charge on any atom is 0.143 e. The smallest absolute Gasteiger partial charge is 0.143 e. The van der Waals surface area contributed by atoms with E-state index in [2.05, 4.69) is 13.8 Å². The minimum atomic E-state index is -0.246. The monoisotopic (exact) mass is 240 g/mol. The molecule has 0 bridgehead atoms. The fourth-order valence-corrected chi connectivity index (χ4v) is 2.13. The SMILES string of the molecule is CCC(C)CC(=O)CSc1ccccc1F. The highest BCUT2D eigenvalue weighted by Gasteiger charge is 2.09. The van der Waals surface area contributed by atoms with Crippen molar-refractivity contribution in [2.45, 2.75) is 31.6 Å². The third kappa shape index (κ3) is 4.35. The number of carbonyl (C=O) groups is 1. The molecule has 1 nitrogen and oxygen atoms in total. The normalized spacial score (nSPS) is 12.4. The van der Waals surface area contributed by atoms with E-state index >= 15 is 0 Å². The van der Waals surface area contributed by atoms with Gasteiger partial charge in [-0.05, 0) is 18.1 Å². The molecule has 0 aliphatic rings. The molecule has 1 rings (SSSR count). The lowest BCUT2D eigenvalue weighted by molar-refractivity contribution is -0.117. The van der Waals surface area contributed by atoms with E-state index in [1.54, 1.807) is 18.2 Å². The van der Waals surface area contributed by atoms with Gasteiger partial charge in [0, 0.05) is 11.3 Å². The second-order valence-electron chi connectivity index (χ2n) is 3.98. The largest absolute Gasteiger partial charge is 0.299 e. The molecule has 88 valence electrons. The van der Waals surface area contributed by atoms with Crippen LogP contribution in [0.1, 0.15) is 26.7 Å². The number of carbonyl (C=O) groups excluding carboxylic acids is 1. The lowest BCUT2D eigenvalue weighted by atomic mass is 10.0. The zero-order chi connectivity index (χ0) is 12.0. The van der Waals surface area contributed by atoms with Crippen LogP contribution in [0, 0.1) is 11.7 Å². The number of benzene rings is 1. The standard InChI is InChI=1S/C13H17FOS/c1-3-10(2)8-11(15)9-16-13-7-5-4-6-12(13)14/h4-7,10H,3,8-9H2,1-2H3. The van der Waals surface area contributed by atoms with Crippen LogP contribution in [0.4, 0.5) is 4.39 Å². The average Bonchev–Trinajstić information content (AvgIpc) is 2.28. The van der Waals surface area contributed by atoms with Crippen molar-refractivity contribution in [1.29, 1.82) is 0 Å². The van der Waals surface area contributed by atoms with Gasteiger partial charge in [-0.2, -0.15) is 0 Å². The molecule has 0 heterocycles. The number of ketones is 1. The van der Waals surface area contributed by atoms with Gasteiger partial charge in [0.25, 0.3) is 0 Å². The average molecular weight is 240 g/mol. The molecule has 1 unspecified atom stereocenters. The summed E-state index contributed by atoms with van der Waals surface area (Å²) in [4.78, 5) is 12.1. The van der Waals surface area contributed by atoms with Gasteiger partial charge in [-0.25, -0.2) is 4.39 Å². The molecule has 0 aromatic heterocycles. The molecule has 0 saturated heterocycles. The van der Waals surface area contributed by atoms with Crippen LogP contribution in [0.25, 0.3) is 0 Å². The van der Waals surface area contributed by atoms with Crippen LogP contribution >= 0.6 is 11.8 Å². The molecule has 0 aliphatic heterocycles. The van der Waals surface area contributed by atoms with Gasteiger partial charge in [0.05, 0.1) is 5.75 Å². The van der Waals surface area contributed by atoms with E-state index in [0.717, 1.165) is 6.42 Å². The van der Waals surface area contributed by atoms with E-state index in [-0.39, 0.29) is 11.6 Å². The van der Waals surface area contributed by atoms with Crippen molar-refractivity contribution in [3.8, 4) is 0 Å². The van der Waals surface area contributed by atoms with Crippen LogP contribution in [0.15, 0.2) is 29.2 Å². The van der Waals surface area contributed by atoms with E-state index in [1.165, 1.54) is 17.8 Å². The molecule has 0 fully saturated rings. The number of thioether (sulfide) groups is 1. The zero-order valence-corrected chi connectivity index (χ0v) is 10.5. The third-order valence-electron chi connectivity index (χ3n) is 2.50. The molecule has 1 aromatic rings. The first-order valence-electron chi connectivity index (χ1n) is 5.52. The van der Waals surface area contributed by atoms with E-state index < -0.39 is 0 Å². The van der Waals surface area contributed by atoms with Crippen molar-refractivity contribution in [3.05, 3.63) is 30.1 Å². The Morgan fingerprint density at radius 1 is 1.44 bits per heavy atom. The van der Waals surface area contributed by atoms with Crippen molar-refractivity contribution >= 4 is 17.5 Å². The predicted octanol–water partition coefficient (Wildman–Crippen LogP) is 3.92. The van der Waals surface area contributed by atoms with Gasteiger partial charge in [-0.3, -0.25) is 4.79 Å². The minimum absolute atomic E-state index is 0.197. The minimum Gasteiger partial charge on any atom is -0.299 e. The van der Waals surface area contributed by atoms with Crippen LogP contribution in [0.5, 0.6) is 0 Å². The number of hydrogen-bond donors (Lipinski definition) is 0. The number of hydrogen-bond acceptors (Lipinski definition) is 2. The maximum atomic E-state index is 13.2. The van der Waals surface area contributed by atoms with Crippen LogP contribution in [0.2, 0.25) is 0 Å². The van der Waals surface area contributed by atoms with Crippen molar-refractivity contribution in [2.75, 3.05) is 5.75 Å². The highest BCUT2D eigenvalue weighted by Crippen LogP contribution is 2.22. The summed E-state index contributed by atoms with van der Waals surface area (Å²) in [5, 5.41) is 0. The Hall–Kier alpha value is -0.830. The van der Waals surface area contributed by atoms with Crippen LogP contribution < -0.4 is 0 Å². The second-order valence-corrected chi connectivity index (χ2v) is 4.99. The van der Waals surface area contributed by atoms with Crippen LogP contribution in [-0.2, 0) is 4.79 Å². The Balaban J connectivity index is 2.40. The first kappa shape index (κ1) is 13.2. The van der Waals surface area contributed by atoms with E-state index in [1.807, 2.05) is 0 Å². The van der Waals surface area contributed by atoms with Gasteiger partial charge < -0.3 is 0 Å². The van der Waals surface area contributed by atoms with Crippen molar-refractivity contribution < 1.29 is 9.18 Å². The lowest BCUT2D eigenvalue weighted by Crippen LogP contribution is -2.07. The first-order chi connectivity index (χ1) is 7.63. The molecule has 0 saturated carbocycles. The lowest BCUT2D eigenvalue weighted by Gasteiger charge is -2.07. The topological polar surface area (TPSA) is 17.1 Å². The Bertz CT molecular complexity index is 352. The molecular formula is C13H17FOS. The second kappa shape index (κ2) is 6.69. The van der Waals surface area contributed by atoms with Gasteiger partial charge in [0.1, 0.15) is 11.6 Å². The Morgan fingerprint density at radius 2 is 2.12 bits per heavy atom. The highest BCUT2D eigenvalue weighted by molar-refractivity contribution is 8.00. The summed E-state index contributed by atoms with van der Waals surface area (Å²) in [5.41, 5.74) is 0. The molecule has 0 spiro atoms. The third-order valence-corrected chi connectivity index (χ3v) is 3.61. The van der Waals surface area contributed by atoms with Gasteiger partial charge in [0.2, 0.25) is 0 Å². The Morgan fingerprint density at radius 3 is 2.75 bits per heavy atom. The van der Waals surface area contributed by atoms with Crippen molar-refractivity contribution in [3.63, 3.8) is 0 Å². The summed E-state index contributed by atoms with van der Waals surface area (Å²) < 4.78 is 13.2. The fraction of sp³-hybridized carbons (Fsp3) is 0.462. The van der Waals surface area contributed by atoms with Gasteiger partial charge in [-0.15, -0.1) is 11.8 Å².